The molecule has 4 rings (SSSR count). The molecular weight excluding hydrogens is 599 g/mol. The average Bonchev–Trinajstić information content (AvgIpc) is 3.05. The lowest BCUT2D eigenvalue weighted by Crippen LogP contribution is -2.11. The lowest BCUT2D eigenvalue weighted by atomic mass is 10.1. The molecule has 4 aromatic carbocycles. The summed E-state index contributed by atoms with van der Waals surface area (Å²) in [6.45, 7) is 5.27. The van der Waals surface area contributed by atoms with Gasteiger partial charge in [0, 0.05) is 11.8 Å². The zero-order chi connectivity index (χ0) is 32.9. The van der Waals surface area contributed by atoms with Crippen LogP contribution in [0.4, 0.5) is 18.9 Å². The molecule has 0 N–H and O–H groups in total. The minimum Gasteiger partial charge on any atom is -0.494 e. The number of carbonyl (C=O) groups is 2. The van der Waals surface area contributed by atoms with Crippen LogP contribution in [0.5, 0.6) is 23.0 Å². The van der Waals surface area contributed by atoms with Crippen LogP contribution in [-0.4, -0.2) is 31.4 Å². The number of ether oxygens (including phenoxy) is 4. The van der Waals surface area contributed by atoms with Crippen LogP contribution in [0.3, 0.4) is 0 Å². The Bertz CT molecular complexity index is 1620. The van der Waals surface area contributed by atoms with E-state index in [1.54, 1.807) is 48.5 Å². The molecule has 46 heavy (non-hydrogen) atoms. The predicted octanol–water partition coefficient (Wildman–Crippen LogP) is 9.25. The number of carbonyl (C=O) groups excluding carboxylic acids is 2. The number of aliphatic imine (C=N–C) groups is 1. The first-order valence-electron chi connectivity index (χ1n) is 14.9. The lowest BCUT2D eigenvalue weighted by Gasteiger charge is -2.11. The van der Waals surface area contributed by atoms with Crippen LogP contribution in [0.25, 0.3) is 0 Å². The topological polar surface area (TPSA) is 83.4 Å². The second kappa shape index (κ2) is 16.3. The Morgan fingerprint density at radius 2 is 1.17 bits per heavy atom. The quantitative estimate of drug-likeness (QED) is 0.0596. The van der Waals surface area contributed by atoms with Crippen molar-refractivity contribution in [1.29, 1.82) is 0 Å². The summed E-state index contributed by atoms with van der Waals surface area (Å²) in [5.41, 5.74) is 0.231. The third-order valence-electron chi connectivity index (χ3n) is 6.66. The van der Waals surface area contributed by atoms with Crippen molar-refractivity contribution in [2.24, 2.45) is 4.99 Å². The Labute approximate surface area is 265 Å². The first kappa shape index (κ1) is 33.8. The van der Waals surface area contributed by atoms with Gasteiger partial charge < -0.3 is 18.9 Å². The molecule has 0 aliphatic rings. The van der Waals surface area contributed by atoms with E-state index >= 15 is 0 Å². The van der Waals surface area contributed by atoms with E-state index in [-0.39, 0.29) is 28.3 Å². The van der Waals surface area contributed by atoms with Gasteiger partial charge in [-0.05, 0) is 104 Å². The maximum Gasteiger partial charge on any atom is 0.416 e. The van der Waals surface area contributed by atoms with Crippen LogP contribution >= 0.6 is 0 Å². The molecule has 0 aliphatic heterocycles. The molecule has 4 aromatic rings. The number of nitrogens with zero attached hydrogens (tertiary/aromatic N) is 1. The van der Waals surface area contributed by atoms with Crippen LogP contribution in [0.15, 0.2) is 96.0 Å². The van der Waals surface area contributed by atoms with E-state index in [1.165, 1.54) is 36.5 Å². The summed E-state index contributed by atoms with van der Waals surface area (Å²) in [7, 11) is 0. The Morgan fingerprint density at radius 3 is 1.67 bits per heavy atom. The van der Waals surface area contributed by atoms with Gasteiger partial charge in [-0.1, -0.05) is 26.7 Å². The van der Waals surface area contributed by atoms with Gasteiger partial charge in [-0.15, -0.1) is 0 Å². The standard InChI is InChI=1S/C36H34F3NO6/c1-3-5-21-43-30-15-7-25(8-16-30)34(41)45-32-19-20-33(46-35(42)26-9-17-31(18-10-26)44-22-6-4-2)27(23-32)24-40-29-13-11-28(12-14-29)36(37,38)39/h7-20,23-24H,3-6,21-22H2,1-2H3. The van der Waals surface area contributed by atoms with Gasteiger partial charge in [0.15, 0.2) is 0 Å². The van der Waals surface area contributed by atoms with Gasteiger partial charge in [-0.3, -0.25) is 4.99 Å². The van der Waals surface area contributed by atoms with Crippen molar-refractivity contribution in [1.82, 2.24) is 0 Å². The Morgan fingerprint density at radius 1 is 0.674 bits per heavy atom. The number of unbranched alkanes of at least 4 members (excludes halogenated alkanes) is 2. The zero-order valence-corrected chi connectivity index (χ0v) is 25.5. The number of benzene rings is 4. The van der Waals surface area contributed by atoms with E-state index in [9.17, 15) is 22.8 Å². The van der Waals surface area contributed by atoms with E-state index in [2.05, 4.69) is 18.8 Å². The highest BCUT2D eigenvalue weighted by molar-refractivity contribution is 5.94. The van der Waals surface area contributed by atoms with Gasteiger partial charge in [0.05, 0.1) is 35.6 Å². The van der Waals surface area contributed by atoms with Crippen LogP contribution < -0.4 is 18.9 Å². The summed E-state index contributed by atoms with van der Waals surface area (Å²) < 4.78 is 61.5. The number of rotatable bonds is 14. The zero-order valence-electron chi connectivity index (χ0n) is 25.5. The Balaban J connectivity index is 1.54. The molecule has 0 heterocycles. The minimum atomic E-state index is -4.48. The molecule has 10 heteroatoms. The molecule has 0 bridgehead atoms. The van der Waals surface area contributed by atoms with Gasteiger partial charge in [0.2, 0.25) is 0 Å². The fourth-order valence-corrected chi connectivity index (χ4v) is 4.03. The molecule has 0 saturated heterocycles. The van der Waals surface area contributed by atoms with E-state index < -0.39 is 23.7 Å². The highest BCUT2D eigenvalue weighted by Gasteiger charge is 2.29. The first-order valence-corrected chi connectivity index (χ1v) is 14.9. The monoisotopic (exact) mass is 633 g/mol. The van der Waals surface area contributed by atoms with Crippen molar-refractivity contribution in [3.05, 3.63) is 113 Å². The molecule has 240 valence electrons. The van der Waals surface area contributed by atoms with E-state index in [0.29, 0.717) is 30.3 Å². The number of hydrogen-bond acceptors (Lipinski definition) is 7. The second-order valence-corrected chi connectivity index (χ2v) is 10.2. The molecular formula is C36H34F3NO6. The van der Waals surface area contributed by atoms with Gasteiger partial charge in [-0.2, -0.15) is 13.2 Å². The maximum absolute atomic E-state index is 13.0. The summed E-state index contributed by atoms with van der Waals surface area (Å²) in [5.74, 6) is 0.204. The largest absolute Gasteiger partial charge is 0.494 e. The number of esters is 2. The van der Waals surface area contributed by atoms with Crippen LogP contribution in [0.2, 0.25) is 0 Å². The Kier molecular flexibility index (Phi) is 11.9. The van der Waals surface area contributed by atoms with Gasteiger partial charge in [-0.25, -0.2) is 9.59 Å². The van der Waals surface area contributed by atoms with E-state index in [0.717, 1.165) is 37.8 Å². The van der Waals surface area contributed by atoms with Crippen LogP contribution in [-0.2, 0) is 6.18 Å². The number of hydrogen-bond donors (Lipinski definition) is 0. The second-order valence-electron chi connectivity index (χ2n) is 10.2. The lowest BCUT2D eigenvalue weighted by molar-refractivity contribution is -0.137. The summed E-state index contributed by atoms with van der Waals surface area (Å²) in [6.07, 6.45) is 0.654. The average molecular weight is 634 g/mol. The highest BCUT2D eigenvalue weighted by atomic mass is 19.4. The fourth-order valence-electron chi connectivity index (χ4n) is 4.03. The molecule has 0 radical (unpaired) electrons. The van der Waals surface area contributed by atoms with Crippen molar-refractivity contribution in [3.63, 3.8) is 0 Å². The summed E-state index contributed by atoms with van der Waals surface area (Å²) in [6, 6.07) is 21.7. The SMILES string of the molecule is CCCCOc1ccc(C(=O)Oc2ccc(OC(=O)c3ccc(OCCCC)cc3)c(C=Nc3ccc(C(F)(F)F)cc3)c2)cc1. The smallest absolute Gasteiger partial charge is 0.416 e. The van der Waals surface area contributed by atoms with Crippen molar-refractivity contribution in [2.45, 2.75) is 45.7 Å². The molecule has 0 aliphatic carbocycles. The molecule has 7 nitrogen and oxygen atoms in total. The minimum absolute atomic E-state index is 0.0947. The van der Waals surface area contributed by atoms with Gasteiger partial charge in [0.25, 0.3) is 0 Å². The third kappa shape index (κ3) is 9.95. The molecule has 0 spiro atoms. The number of alkyl halides is 3. The highest BCUT2D eigenvalue weighted by Crippen LogP contribution is 2.31. The van der Waals surface area contributed by atoms with E-state index in [4.69, 9.17) is 18.9 Å². The normalized spacial score (nSPS) is 11.3. The van der Waals surface area contributed by atoms with Crippen LogP contribution in [0, 0.1) is 0 Å². The molecule has 0 aromatic heterocycles. The molecule has 0 saturated carbocycles. The van der Waals surface area contributed by atoms with Crippen molar-refractivity contribution >= 4 is 23.8 Å². The van der Waals surface area contributed by atoms with Crippen molar-refractivity contribution in [3.8, 4) is 23.0 Å². The number of halogens is 3. The molecule has 0 unspecified atom stereocenters. The first-order chi connectivity index (χ1) is 22.2. The summed E-state index contributed by atoms with van der Waals surface area (Å²) >= 11 is 0. The van der Waals surface area contributed by atoms with Crippen molar-refractivity contribution in [2.75, 3.05) is 13.2 Å². The summed E-state index contributed by atoms with van der Waals surface area (Å²) in [4.78, 5) is 30.1. The fraction of sp³-hybridized carbons (Fsp3) is 0.250. The van der Waals surface area contributed by atoms with Gasteiger partial charge >= 0.3 is 18.1 Å². The van der Waals surface area contributed by atoms with Crippen LogP contribution in [0.1, 0.15) is 71.4 Å². The van der Waals surface area contributed by atoms with Gasteiger partial charge in [0.1, 0.15) is 23.0 Å². The molecule has 0 amide bonds. The predicted molar refractivity (Wildman–Crippen MR) is 169 cm³/mol. The third-order valence-corrected chi connectivity index (χ3v) is 6.66. The molecule has 0 atom stereocenters. The molecule has 0 fully saturated rings. The summed E-state index contributed by atoms with van der Waals surface area (Å²) in [5, 5.41) is 0. The van der Waals surface area contributed by atoms with E-state index in [1.807, 2.05) is 0 Å². The van der Waals surface area contributed by atoms with Crippen molar-refractivity contribution < 1.29 is 41.7 Å². The maximum atomic E-state index is 13.0. The Hall–Kier alpha value is -5.12.